The monoisotopic (exact) mass is 277 g/mol. The third-order valence-electron chi connectivity index (χ3n) is 3.46. The largest absolute Gasteiger partial charge is 0.308 e. The Labute approximate surface area is 119 Å². The van der Waals surface area contributed by atoms with Gasteiger partial charge in [-0.25, -0.2) is 15.8 Å². The van der Waals surface area contributed by atoms with Crippen LogP contribution in [0.4, 0.5) is 5.82 Å². The van der Waals surface area contributed by atoms with Gasteiger partial charge in [0.25, 0.3) is 5.91 Å². The predicted octanol–water partition coefficient (Wildman–Crippen LogP) is 1.62. The van der Waals surface area contributed by atoms with Gasteiger partial charge in [-0.1, -0.05) is 20.3 Å². The topological polar surface area (TPSA) is 83.3 Å². The van der Waals surface area contributed by atoms with Crippen molar-refractivity contribution in [3.8, 4) is 0 Å². The number of hydrogen-bond acceptors (Lipinski definition) is 5. The number of rotatable bonds is 4. The van der Waals surface area contributed by atoms with E-state index in [0.717, 1.165) is 31.6 Å². The maximum atomic E-state index is 12.3. The second-order valence-electron chi connectivity index (χ2n) is 5.45. The van der Waals surface area contributed by atoms with Crippen LogP contribution in [0, 0.1) is 0 Å². The molecule has 1 aromatic heterocycles. The van der Waals surface area contributed by atoms with Gasteiger partial charge in [0, 0.05) is 24.3 Å². The van der Waals surface area contributed by atoms with Gasteiger partial charge in [-0.3, -0.25) is 10.2 Å². The number of aromatic nitrogens is 1. The van der Waals surface area contributed by atoms with Crippen LogP contribution >= 0.6 is 0 Å². The summed E-state index contributed by atoms with van der Waals surface area (Å²) in [7, 11) is 0. The molecule has 1 aromatic rings. The van der Waals surface area contributed by atoms with Crippen molar-refractivity contribution in [2.45, 2.75) is 39.0 Å². The molecule has 0 saturated carbocycles. The SMILES string of the molecule is CC(C)c1cc(C(=O)NN2CCCCC2)cc(NN)n1. The average Bonchev–Trinajstić information content (AvgIpc) is 2.47. The second-order valence-corrected chi connectivity index (χ2v) is 5.45. The average molecular weight is 277 g/mol. The van der Waals surface area contributed by atoms with Crippen molar-refractivity contribution in [3.05, 3.63) is 23.4 Å². The minimum atomic E-state index is -0.104. The van der Waals surface area contributed by atoms with Gasteiger partial charge in [0.1, 0.15) is 5.82 Å². The normalized spacial score (nSPS) is 16.2. The number of pyridine rings is 1. The lowest BCUT2D eigenvalue weighted by Gasteiger charge is -2.26. The van der Waals surface area contributed by atoms with Crippen LogP contribution in [0.1, 0.15) is 55.1 Å². The molecule has 1 fully saturated rings. The fourth-order valence-electron chi connectivity index (χ4n) is 2.27. The molecule has 1 aliphatic heterocycles. The highest BCUT2D eigenvalue weighted by Gasteiger charge is 2.16. The smallest absolute Gasteiger partial charge is 0.265 e. The molecule has 110 valence electrons. The molecule has 0 aliphatic carbocycles. The summed E-state index contributed by atoms with van der Waals surface area (Å²) in [4.78, 5) is 16.7. The van der Waals surface area contributed by atoms with Crippen molar-refractivity contribution in [1.82, 2.24) is 15.4 Å². The molecule has 2 heterocycles. The fourth-order valence-corrected chi connectivity index (χ4v) is 2.27. The van der Waals surface area contributed by atoms with E-state index < -0.39 is 0 Å². The zero-order valence-electron chi connectivity index (χ0n) is 12.1. The fraction of sp³-hybridized carbons (Fsp3) is 0.571. The first-order valence-corrected chi connectivity index (χ1v) is 7.14. The van der Waals surface area contributed by atoms with Crippen molar-refractivity contribution >= 4 is 11.7 Å². The van der Waals surface area contributed by atoms with Crippen LogP contribution in [-0.4, -0.2) is 29.0 Å². The highest BCUT2D eigenvalue weighted by Crippen LogP contribution is 2.17. The zero-order chi connectivity index (χ0) is 14.5. The van der Waals surface area contributed by atoms with Crippen molar-refractivity contribution in [3.63, 3.8) is 0 Å². The Balaban J connectivity index is 2.13. The summed E-state index contributed by atoms with van der Waals surface area (Å²) in [6, 6.07) is 3.50. The molecule has 0 atom stereocenters. The first kappa shape index (κ1) is 14.7. The van der Waals surface area contributed by atoms with Crippen molar-refractivity contribution in [2.75, 3.05) is 18.5 Å². The van der Waals surface area contributed by atoms with Crippen LogP contribution in [-0.2, 0) is 0 Å². The van der Waals surface area contributed by atoms with Crippen LogP contribution in [0.5, 0.6) is 0 Å². The van der Waals surface area contributed by atoms with Gasteiger partial charge in [0.2, 0.25) is 0 Å². The molecule has 6 nitrogen and oxygen atoms in total. The zero-order valence-corrected chi connectivity index (χ0v) is 12.1. The number of nitrogens with two attached hydrogens (primary N) is 1. The van der Waals surface area contributed by atoms with E-state index in [4.69, 9.17) is 5.84 Å². The van der Waals surface area contributed by atoms with E-state index in [2.05, 4.69) is 15.8 Å². The molecule has 1 saturated heterocycles. The molecular weight excluding hydrogens is 254 g/mol. The Morgan fingerprint density at radius 1 is 1.30 bits per heavy atom. The Morgan fingerprint density at radius 3 is 2.60 bits per heavy atom. The summed E-state index contributed by atoms with van der Waals surface area (Å²) in [6.07, 6.45) is 3.49. The number of anilines is 1. The summed E-state index contributed by atoms with van der Waals surface area (Å²) >= 11 is 0. The summed E-state index contributed by atoms with van der Waals surface area (Å²) in [5.74, 6) is 6.07. The predicted molar refractivity (Wildman–Crippen MR) is 79.0 cm³/mol. The maximum absolute atomic E-state index is 12.3. The second kappa shape index (κ2) is 6.67. The first-order chi connectivity index (χ1) is 9.60. The molecule has 0 radical (unpaired) electrons. The highest BCUT2D eigenvalue weighted by atomic mass is 16.2. The number of nitrogens with one attached hydrogen (secondary N) is 2. The van der Waals surface area contributed by atoms with Gasteiger partial charge in [-0.15, -0.1) is 0 Å². The Morgan fingerprint density at radius 2 is 2.00 bits per heavy atom. The standard InChI is InChI=1S/C14H23N5O/c1-10(2)12-8-11(9-13(16-12)17-15)14(20)18-19-6-4-3-5-7-19/h8-10H,3-7,15H2,1-2H3,(H,16,17)(H,18,20). The van der Waals surface area contributed by atoms with Gasteiger partial charge >= 0.3 is 0 Å². The number of hydrogen-bond donors (Lipinski definition) is 3. The molecule has 0 spiro atoms. The number of amides is 1. The Kier molecular flexibility index (Phi) is 4.92. The Bertz CT molecular complexity index is 469. The van der Waals surface area contributed by atoms with E-state index in [1.165, 1.54) is 6.42 Å². The van der Waals surface area contributed by atoms with Gasteiger partial charge in [0.05, 0.1) is 0 Å². The summed E-state index contributed by atoms with van der Waals surface area (Å²) in [6.45, 7) is 5.90. The first-order valence-electron chi connectivity index (χ1n) is 7.14. The van der Waals surface area contributed by atoms with Crippen molar-refractivity contribution < 1.29 is 4.79 Å². The quantitative estimate of drug-likeness (QED) is 0.575. The summed E-state index contributed by atoms with van der Waals surface area (Å²) in [5.41, 5.74) is 6.90. The van der Waals surface area contributed by atoms with Gasteiger partial charge in [-0.05, 0) is 30.9 Å². The minimum Gasteiger partial charge on any atom is -0.308 e. The third kappa shape index (κ3) is 3.68. The maximum Gasteiger partial charge on any atom is 0.265 e. The summed E-state index contributed by atoms with van der Waals surface area (Å²) < 4.78 is 0. The lowest BCUT2D eigenvalue weighted by molar-refractivity contribution is 0.0750. The lowest BCUT2D eigenvalue weighted by Crippen LogP contribution is -2.45. The molecule has 0 bridgehead atoms. The van der Waals surface area contributed by atoms with Gasteiger partial charge < -0.3 is 5.43 Å². The third-order valence-corrected chi connectivity index (χ3v) is 3.46. The van der Waals surface area contributed by atoms with Crippen LogP contribution in [0.15, 0.2) is 12.1 Å². The van der Waals surface area contributed by atoms with E-state index in [9.17, 15) is 4.79 Å². The molecule has 20 heavy (non-hydrogen) atoms. The molecule has 2 rings (SSSR count). The number of nitrogens with zero attached hydrogens (tertiary/aromatic N) is 2. The van der Waals surface area contributed by atoms with E-state index >= 15 is 0 Å². The number of piperidine rings is 1. The van der Waals surface area contributed by atoms with Crippen LogP contribution in [0.25, 0.3) is 0 Å². The van der Waals surface area contributed by atoms with E-state index in [1.807, 2.05) is 24.9 Å². The molecular formula is C14H23N5O. The molecule has 4 N–H and O–H groups in total. The van der Waals surface area contributed by atoms with Crippen LogP contribution in [0.3, 0.4) is 0 Å². The van der Waals surface area contributed by atoms with Crippen molar-refractivity contribution in [1.29, 1.82) is 0 Å². The van der Waals surface area contributed by atoms with Crippen LogP contribution < -0.4 is 16.7 Å². The van der Waals surface area contributed by atoms with Crippen LogP contribution in [0.2, 0.25) is 0 Å². The van der Waals surface area contributed by atoms with Gasteiger partial charge in [-0.2, -0.15) is 0 Å². The molecule has 0 aromatic carbocycles. The molecule has 6 heteroatoms. The van der Waals surface area contributed by atoms with Gasteiger partial charge in [0.15, 0.2) is 0 Å². The number of carbonyl (C=O) groups excluding carboxylic acids is 1. The van der Waals surface area contributed by atoms with E-state index in [-0.39, 0.29) is 11.8 Å². The van der Waals surface area contributed by atoms with Crippen molar-refractivity contribution in [2.24, 2.45) is 5.84 Å². The number of carbonyl (C=O) groups is 1. The Hall–Kier alpha value is -1.66. The molecule has 1 amide bonds. The summed E-state index contributed by atoms with van der Waals surface area (Å²) in [5, 5.41) is 1.98. The lowest BCUT2D eigenvalue weighted by atomic mass is 10.1. The minimum absolute atomic E-state index is 0.104. The molecule has 0 unspecified atom stereocenters. The highest BCUT2D eigenvalue weighted by molar-refractivity contribution is 5.94. The molecule has 1 aliphatic rings. The number of hydrazine groups is 2. The number of nitrogen functional groups attached to an aromatic ring is 1. The van der Waals surface area contributed by atoms with E-state index in [1.54, 1.807) is 6.07 Å². The van der Waals surface area contributed by atoms with E-state index in [0.29, 0.717) is 11.4 Å².